The highest BCUT2D eigenvalue weighted by atomic mass is 19.4. The lowest BCUT2D eigenvalue weighted by atomic mass is 10.2. The molecule has 0 saturated heterocycles. The van der Waals surface area contributed by atoms with Crippen molar-refractivity contribution in [2.45, 2.75) is 6.18 Å². The number of aromatic nitrogens is 2. The van der Waals surface area contributed by atoms with Crippen LogP contribution in [-0.2, 0) is 6.18 Å². The van der Waals surface area contributed by atoms with E-state index < -0.39 is 17.8 Å². The largest absolute Gasteiger partial charge is 0.451 e. The highest BCUT2D eigenvalue weighted by Crippen LogP contribution is 2.32. The van der Waals surface area contributed by atoms with Gasteiger partial charge in [0.2, 0.25) is 5.82 Å². The van der Waals surface area contributed by atoms with Crippen LogP contribution in [0.2, 0.25) is 0 Å². The number of benzene rings is 2. The van der Waals surface area contributed by atoms with E-state index in [0.717, 1.165) is 17.8 Å². The van der Waals surface area contributed by atoms with Crippen LogP contribution in [0.15, 0.2) is 42.5 Å². The van der Waals surface area contributed by atoms with E-state index in [1.165, 1.54) is 6.07 Å². The van der Waals surface area contributed by atoms with Crippen molar-refractivity contribution in [1.29, 1.82) is 0 Å². The molecule has 1 aromatic heterocycles. The summed E-state index contributed by atoms with van der Waals surface area (Å²) in [6, 6.07) is 10.4. The zero-order chi connectivity index (χ0) is 18.2. The summed E-state index contributed by atoms with van der Waals surface area (Å²) in [6.07, 6.45) is -4.70. The average Bonchev–Trinajstić information content (AvgIpc) is 2.54. The van der Waals surface area contributed by atoms with Crippen molar-refractivity contribution < 1.29 is 17.6 Å². The number of rotatable bonds is 3. The Kier molecular flexibility index (Phi) is 4.20. The molecule has 0 unspecified atom stereocenters. The normalized spacial score (nSPS) is 11.6. The Morgan fingerprint density at radius 2 is 1.64 bits per heavy atom. The van der Waals surface area contributed by atoms with Gasteiger partial charge in [0.05, 0.1) is 5.52 Å². The number of nitrogens with zero attached hydrogens (tertiary/aromatic N) is 3. The first-order valence-electron chi connectivity index (χ1n) is 7.33. The lowest BCUT2D eigenvalue weighted by Crippen LogP contribution is -2.13. The highest BCUT2D eigenvalue weighted by Gasteiger charge is 2.35. The van der Waals surface area contributed by atoms with Gasteiger partial charge in [-0.2, -0.15) is 13.2 Å². The molecule has 1 heterocycles. The Balaban J connectivity index is 2.08. The Morgan fingerprint density at radius 3 is 2.24 bits per heavy atom. The molecule has 0 aliphatic carbocycles. The molecule has 2 aromatic carbocycles. The zero-order valence-electron chi connectivity index (χ0n) is 13.4. The topological polar surface area (TPSA) is 41.0 Å². The van der Waals surface area contributed by atoms with Gasteiger partial charge < -0.3 is 10.2 Å². The van der Waals surface area contributed by atoms with Crippen LogP contribution < -0.4 is 10.2 Å². The summed E-state index contributed by atoms with van der Waals surface area (Å²) in [5, 5.41) is 2.99. The van der Waals surface area contributed by atoms with E-state index in [0.29, 0.717) is 5.69 Å². The van der Waals surface area contributed by atoms with Crippen LogP contribution in [0, 0.1) is 5.82 Å². The van der Waals surface area contributed by atoms with Crippen molar-refractivity contribution in [1.82, 2.24) is 9.97 Å². The average molecular weight is 350 g/mol. The third-order valence-corrected chi connectivity index (χ3v) is 3.56. The predicted molar refractivity (Wildman–Crippen MR) is 88.5 cm³/mol. The van der Waals surface area contributed by atoms with Gasteiger partial charge in [0, 0.05) is 30.9 Å². The monoisotopic (exact) mass is 350 g/mol. The molecule has 3 rings (SSSR count). The third kappa shape index (κ3) is 3.62. The summed E-state index contributed by atoms with van der Waals surface area (Å²) in [6.45, 7) is 0. The van der Waals surface area contributed by atoms with Crippen LogP contribution in [0.4, 0.5) is 34.8 Å². The highest BCUT2D eigenvalue weighted by molar-refractivity contribution is 5.91. The van der Waals surface area contributed by atoms with Crippen LogP contribution >= 0.6 is 0 Å². The first kappa shape index (κ1) is 16.9. The summed E-state index contributed by atoms with van der Waals surface area (Å²) in [5.74, 6) is -1.96. The van der Waals surface area contributed by atoms with Crippen molar-refractivity contribution in [3.05, 3.63) is 54.1 Å². The standard InChI is InChI=1S/C17H14F4N4/c1-25(2)12-6-4-11(5-7-12)22-15-13-9-10(18)3-8-14(13)23-16(24-15)17(19,20)21/h3-9H,1-2H3,(H,22,23,24). The Bertz CT molecular complexity index is 905. The van der Waals surface area contributed by atoms with Gasteiger partial charge in [0.1, 0.15) is 11.6 Å². The molecule has 0 spiro atoms. The first-order chi connectivity index (χ1) is 11.7. The molecule has 8 heteroatoms. The summed E-state index contributed by atoms with van der Waals surface area (Å²) < 4.78 is 52.6. The molecule has 0 radical (unpaired) electrons. The van der Waals surface area contributed by atoms with Gasteiger partial charge in [-0.25, -0.2) is 14.4 Å². The second-order valence-electron chi connectivity index (χ2n) is 5.62. The van der Waals surface area contributed by atoms with E-state index >= 15 is 0 Å². The molecule has 0 amide bonds. The van der Waals surface area contributed by atoms with Gasteiger partial charge in [0.25, 0.3) is 0 Å². The van der Waals surface area contributed by atoms with Crippen LogP contribution in [0.1, 0.15) is 5.82 Å². The lowest BCUT2D eigenvalue weighted by Gasteiger charge is -2.15. The number of hydrogen-bond acceptors (Lipinski definition) is 4. The molecular formula is C17H14F4N4. The van der Waals surface area contributed by atoms with Gasteiger partial charge in [0.15, 0.2) is 0 Å². The fourth-order valence-corrected chi connectivity index (χ4v) is 2.30. The Labute approximate surface area is 141 Å². The fourth-order valence-electron chi connectivity index (χ4n) is 2.30. The van der Waals surface area contributed by atoms with E-state index in [-0.39, 0.29) is 16.7 Å². The summed E-state index contributed by atoms with van der Waals surface area (Å²) in [7, 11) is 3.75. The van der Waals surface area contributed by atoms with E-state index in [1.54, 1.807) is 24.3 Å². The van der Waals surface area contributed by atoms with Crippen molar-refractivity contribution in [3.63, 3.8) is 0 Å². The minimum absolute atomic E-state index is 0.0103. The third-order valence-electron chi connectivity index (χ3n) is 3.56. The van der Waals surface area contributed by atoms with Crippen molar-refractivity contribution in [2.75, 3.05) is 24.3 Å². The van der Waals surface area contributed by atoms with E-state index in [2.05, 4.69) is 15.3 Å². The first-order valence-corrected chi connectivity index (χ1v) is 7.33. The minimum Gasteiger partial charge on any atom is -0.378 e. The molecule has 0 aliphatic rings. The number of nitrogens with one attached hydrogen (secondary N) is 1. The van der Waals surface area contributed by atoms with Crippen LogP contribution in [0.25, 0.3) is 10.9 Å². The number of fused-ring (bicyclic) bond motifs is 1. The number of alkyl halides is 3. The minimum atomic E-state index is -4.70. The van der Waals surface area contributed by atoms with Gasteiger partial charge in [-0.3, -0.25) is 0 Å². The molecule has 4 nitrogen and oxygen atoms in total. The SMILES string of the molecule is CN(C)c1ccc(Nc2nc(C(F)(F)F)nc3ccc(F)cc23)cc1. The molecule has 0 fully saturated rings. The summed E-state index contributed by atoms with van der Waals surface area (Å²) in [5.41, 5.74) is 1.47. The molecule has 0 saturated carbocycles. The van der Waals surface area contributed by atoms with E-state index in [9.17, 15) is 17.6 Å². The van der Waals surface area contributed by atoms with Gasteiger partial charge in [-0.05, 0) is 42.5 Å². The Hall–Kier alpha value is -2.90. The van der Waals surface area contributed by atoms with E-state index in [4.69, 9.17) is 0 Å². The predicted octanol–water partition coefficient (Wildman–Crippen LogP) is 4.60. The van der Waals surface area contributed by atoms with Crippen LogP contribution in [0.5, 0.6) is 0 Å². The maximum absolute atomic E-state index is 13.5. The Morgan fingerprint density at radius 1 is 0.960 bits per heavy atom. The van der Waals surface area contributed by atoms with Gasteiger partial charge in [-0.1, -0.05) is 0 Å². The molecule has 25 heavy (non-hydrogen) atoms. The molecule has 0 aliphatic heterocycles. The summed E-state index contributed by atoms with van der Waals surface area (Å²) in [4.78, 5) is 8.91. The second-order valence-corrected chi connectivity index (χ2v) is 5.62. The second kappa shape index (κ2) is 6.19. The fraction of sp³-hybridized carbons (Fsp3) is 0.176. The number of halogens is 4. The maximum Gasteiger partial charge on any atom is 0.451 e. The van der Waals surface area contributed by atoms with Crippen molar-refractivity contribution in [2.24, 2.45) is 0 Å². The molecule has 0 bridgehead atoms. The number of anilines is 3. The van der Waals surface area contributed by atoms with Gasteiger partial charge in [-0.15, -0.1) is 0 Å². The molecule has 0 atom stereocenters. The van der Waals surface area contributed by atoms with Crippen LogP contribution in [-0.4, -0.2) is 24.1 Å². The number of hydrogen-bond donors (Lipinski definition) is 1. The zero-order valence-corrected chi connectivity index (χ0v) is 13.4. The van der Waals surface area contributed by atoms with Crippen molar-refractivity contribution >= 4 is 28.1 Å². The molecule has 1 N–H and O–H groups in total. The molecular weight excluding hydrogens is 336 g/mol. The summed E-state index contributed by atoms with van der Waals surface area (Å²) >= 11 is 0. The van der Waals surface area contributed by atoms with E-state index in [1.807, 2.05) is 19.0 Å². The maximum atomic E-state index is 13.5. The quantitative estimate of drug-likeness (QED) is 0.701. The lowest BCUT2D eigenvalue weighted by molar-refractivity contribution is -0.144. The van der Waals surface area contributed by atoms with Crippen molar-refractivity contribution in [3.8, 4) is 0 Å². The van der Waals surface area contributed by atoms with Gasteiger partial charge >= 0.3 is 6.18 Å². The van der Waals surface area contributed by atoms with Crippen LogP contribution in [0.3, 0.4) is 0 Å². The smallest absolute Gasteiger partial charge is 0.378 e. The molecule has 130 valence electrons. The molecule has 3 aromatic rings.